The maximum absolute atomic E-state index is 12.5. The molecular weight excluding hydrogens is 354 g/mol. The van der Waals surface area contributed by atoms with E-state index in [1.54, 1.807) is 11.8 Å². The molecule has 0 radical (unpaired) electrons. The van der Waals surface area contributed by atoms with Crippen LogP contribution in [0.1, 0.15) is 22.3 Å². The molecule has 1 fully saturated rings. The van der Waals surface area contributed by atoms with Crippen LogP contribution in [0.5, 0.6) is 0 Å². The van der Waals surface area contributed by atoms with Crippen molar-refractivity contribution < 1.29 is 4.79 Å². The summed E-state index contributed by atoms with van der Waals surface area (Å²) in [6.45, 7) is 7.64. The minimum absolute atomic E-state index is 0.217. The first-order valence-corrected chi connectivity index (χ1v) is 10.4. The summed E-state index contributed by atoms with van der Waals surface area (Å²) in [6.07, 6.45) is 0. The average molecular weight is 380 g/mol. The fraction of sp³-hybridized carbons (Fsp3) is 0.364. The molecule has 1 aliphatic rings. The fourth-order valence-electron chi connectivity index (χ4n) is 3.30. The summed E-state index contributed by atoms with van der Waals surface area (Å²) in [7, 11) is 0. The molecule has 27 heavy (non-hydrogen) atoms. The lowest BCUT2D eigenvalue weighted by Gasteiger charge is -2.37. The molecule has 3 rings (SSSR count). The first kappa shape index (κ1) is 19.3. The van der Waals surface area contributed by atoms with Gasteiger partial charge in [0.25, 0.3) is 0 Å². The molecule has 1 heterocycles. The Kier molecular flexibility index (Phi) is 6.41. The largest absolute Gasteiger partial charge is 0.368 e. The van der Waals surface area contributed by atoms with Gasteiger partial charge in [-0.2, -0.15) is 5.26 Å². The molecule has 2 aromatic carbocycles. The van der Waals surface area contributed by atoms with Crippen molar-refractivity contribution in [2.24, 2.45) is 0 Å². The van der Waals surface area contributed by atoms with Crippen molar-refractivity contribution in [2.45, 2.75) is 19.6 Å². The van der Waals surface area contributed by atoms with Gasteiger partial charge < -0.3 is 9.80 Å². The Labute approximate surface area is 165 Å². The zero-order chi connectivity index (χ0) is 19.2. The van der Waals surface area contributed by atoms with E-state index in [4.69, 9.17) is 5.26 Å². The number of carbonyl (C=O) groups is 1. The van der Waals surface area contributed by atoms with Crippen molar-refractivity contribution in [3.63, 3.8) is 0 Å². The van der Waals surface area contributed by atoms with Crippen LogP contribution in [0.25, 0.3) is 0 Å². The number of thioether (sulfide) groups is 1. The maximum atomic E-state index is 12.5. The molecule has 1 saturated heterocycles. The number of rotatable bonds is 5. The topological polar surface area (TPSA) is 47.3 Å². The molecule has 0 saturated carbocycles. The summed E-state index contributed by atoms with van der Waals surface area (Å²) in [5.74, 6) is 1.51. The summed E-state index contributed by atoms with van der Waals surface area (Å²) in [6, 6.07) is 16.1. The van der Waals surface area contributed by atoms with Crippen LogP contribution >= 0.6 is 11.8 Å². The first-order valence-electron chi connectivity index (χ1n) is 9.24. The highest BCUT2D eigenvalue weighted by molar-refractivity contribution is 7.99. The summed E-state index contributed by atoms with van der Waals surface area (Å²) < 4.78 is 0. The van der Waals surface area contributed by atoms with Crippen molar-refractivity contribution in [1.29, 1.82) is 5.26 Å². The zero-order valence-corrected chi connectivity index (χ0v) is 16.8. The van der Waals surface area contributed by atoms with Crippen LogP contribution in [0.15, 0.2) is 42.5 Å². The molecule has 5 heteroatoms. The smallest absolute Gasteiger partial charge is 0.232 e. The van der Waals surface area contributed by atoms with Crippen LogP contribution in [0.3, 0.4) is 0 Å². The van der Waals surface area contributed by atoms with E-state index >= 15 is 0 Å². The van der Waals surface area contributed by atoms with Gasteiger partial charge >= 0.3 is 0 Å². The summed E-state index contributed by atoms with van der Waals surface area (Å²) >= 11 is 1.64. The number of nitriles is 1. The second-order valence-electron chi connectivity index (χ2n) is 6.89. The third-order valence-corrected chi connectivity index (χ3v) is 6.11. The van der Waals surface area contributed by atoms with Gasteiger partial charge in [-0.1, -0.05) is 24.3 Å². The number of hydrogen-bond donors (Lipinski definition) is 0. The van der Waals surface area contributed by atoms with E-state index in [0.29, 0.717) is 11.3 Å². The molecule has 1 aliphatic heterocycles. The molecule has 0 aromatic heterocycles. The van der Waals surface area contributed by atoms with Gasteiger partial charge in [-0.05, 0) is 48.7 Å². The lowest BCUT2D eigenvalue weighted by Crippen LogP contribution is -2.49. The monoisotopic (exact) mass is 379 g/mol. The molecule has 4 nitrogen and oxygen atoms in total. The zero-order valence-electron chi connectivity index (χ0n) is 15.9. The van der Waals surface area contributed by atoms with Gasteiger partial charge in [0.05, 0.1) is 17.4 Å². The third kappa shape index (κ3) is 4.84. The van der Waals surface area contributed by atoms with Crippen LogP contribution in [0.4, 0.5) is 5.69 Å². The number of amides is 1. The molecule has 0 atom stereocenters. The second kappa shape index (κ2) is 8.96. The average Bonchev–Trinajstić information content (AvgIpc) is 2.70. The quantitative estimate of drug-likeness (QED) is 0.794. The predicted octanol–water partition coefficient (Wildman–Crippen LogP) is 3.76. The van der Waals surface area contributed by atoms with E-state index in [2.05, 4.69) is 43.0 Å². The van der Waals surface area contributed by atoms with Crippen LogP contribution in [0.2, 0.25) is 0 Å². The lowest BCUT2D eigenvalue weighted by atomic mass is 10.1. The van der Waals surface area contributed by atoms with E-state index in [9.17, 15) is 4.79 Å². The molecule has 0 N–H and O–H groups in total. The number of nitrogens with zero attached hydrogens (tertiary/aromatic N) is 3. The Morgan fingerprint density at radius 2 is 1.78 bits per heavy atom. The van der Waals surface area contributed by atoms with Crippen molar-refractivity contribution >= 4 is 23.4 Å². The normalized spacial score (nSPS) is 14.1. The van der Waals surface area contributed by atoms with E-state index in [1.165, 1.54) is 16.8 Å². The molecule has 0 spiro atoms. The van der Waals surface area contributed by atoms with E-state index in [1.807, 2.05) is 29.2 Å². The Morgan fingerprint density at radius 1 is 1.07 bits per heavy atom. The van der Waals surface area contributed by atoms with Crippen molar-refractivity contribution in [1.82, 2.24) is 4.90 Å². The van der Waals surface area contributed by atoms with Crippen LogP contribution in [-0.2, 0) is 10.5 Å². The number of aryl methyl sites for hydroxylation is 1. The van der Waals surface area contributed by atoms with Crippen molar-refractivity contribution in [2.75, 3.05) is 36.8 Å². The highest BCUT2D eigenvalue weighted by Gasteiger charge is 2.22. The van der Waals surface area contributed by atoms with Gasteiger partial charge in [-0.25, -0.2) is 0 Å². The van der Waals surface area contributed by atoms with E-state index in [0.717, 1.165) is 37.5 Å². The van der Waals surface area contributed by atoms with Gasteiger partial charge in [-0.3, -0.25) is 4.79 Å². The molecular formula is C22H25N3OS. The number of hydrogen-bond acceptors (Lipinski definition) is 4. The first-order chi connectivity index (χ1) is 13.1. The molecule has 2 aromatic rings. The Morgan fingerprint density at radius 3 is 2.44 bits per heavy atom. The van der Waals surface area contributed by atoms with Gasteiger partial charge in [0.1, 0.15) is 0 Å². The van der Waals surface area contributed by atoms with Crippen molar-refractivity contribution in [3.05, 3.63) is 64.7 Å². The molecule has 0 aliphatic carbocycles. The van der Waals surface area contributed by atoms with Gasteiger partial charge in [0.2, 0.25) is 5.91 Å². The highest BCUT2D eigenvalue weighted by Crippen LogP contribution is 2.24. The standard InChI is InChI=1S/C22H25N3OS/c1-17-4-3-5-21(18(17)2)24-10-12-25(13-11-24)22(26)16-27-15-20-8-6-19(14-23)7-9-20/h3-9H,10-13,15-16H2,1-2H3. The molecule has 0 bridgehead atoms. The van der Waals surface area contributed by atoms with Gasteiger partial charge in [0.15, 0.2) is 0 Å². The third-order valence-electron chi connectivity index (χ3n) is 5.13. The fourth-order valence-corrected chi connectivity index (χ4v) is 4.19. The summed E-state index contributed by atoms with van der Waals surface area (Å²) in [5.41, 5.74) is 5.74. The summed E-state index contributed by atoms with van der Waals surface area (Å²) in [4.78, 5) is 16.9. The summed E-state index contributed by atoms with van der Waals surface area (Å²) in [5, 5.41) is 8.83. The van der Waals surface area contributed by atoms with Crippen LogP contribution in [-0.4, -0.2) is 42.7 Å². The maximum Gasteiger partial charge on any atom is 0.232 e. The van der Waals surface area contributed by atoms with E-state index < -0.39 is 0 Å². The number of carbonyl (C=O) groups excluding carboxylic acids is 1. The van der Waals surface area contributed by atoms with Gasteiger partial charge in [-0.15, -0.1) is 11.8 Å². The minimum Gasteiger partial charge on any atom is -0.368 e. The Balaban J connectivity index is 1.45. The number of anilines is 1. The second-order valence-corrected chi connectivity index (χ2v) is 7.87. The molecule has 140 valence electrons. The SMILES string of the molecule is Cc1cccc(N2CCN(C(=O)CSCc3ccc(C#N)cc3)CC2)c1C. The van der Waals surface area contributed by atoms with Crippen molar-refractivity contribution in [3.8, 4) is 6.07 Å². The number of piperazine rings is 1. The highest BCUT2D eigenvalue weighted by atomic mass is 32.2. The Hall–Kier alpha value is -2.45. The number of benzene rings is 2. The molecule has 0 unspecified atom stereocenters. The van der Waals surface area contributed by atoms with Crippen LogP contribution in [0, 0.1) is 25.2 Å². The lowest BCUT2D eigenvalue weighted by molar-refractivity contribution is -0.128. The van der Waals surface area contributed by atoms with Crippen LogP contribution < -0.4 is 4.90 Å². The Bertz CT molecular complexity index is 834. The van der Waals surface area contributed by atoms with E-state index in [-0.39, 0.29) is 5.91 Å². The minimum atomic E-state index is 0.217. The predicted molar refractivity (Wildman–Crippen MR) is 112 cm³/mol. The molecule has 1 amide bonds. The van der Waals surface area contributed by atoms with Gasteiger partial charge in [0, 0.05) is 37.6 Å².